The van der Waals surface area contributed by atoms with Crippen LogP contribution in [0.5, 0.6) is 0 Å². The lowest BCUT2D eigenvalue weighted by Gasteiger charge is -2.17. The second kappa shape index (κ2) is 9.23. The van der Waals surface area contributed by atoms with Crippen LogP contribution >= 0.6 is 11.6 Å². The fourth-order valence-electron chi connectivity index (χ4n) is 1.94. The molecule has 1 atom stereocenters. The highest BCUT2D eigenvalue weighted by molar-refractivity contribution is 6.31. The molecule has 3 N–H and O–H groups in total. The van der Waals surface area contributed by atoms with Gasteiger partial charge in [0.1, 0.15) is 0 Å². The predicted octanol–water partition coefficient (Wildman–Crippen LogP) is 0.794. The maximum Gasteiger partial charge on any atom is 0.279 e. The molecule has 0 aliphatic heterocycles. The zero-order chi connectivity index (χ0) is 16.5. The summed E-state index contributed by atoms with van der Waals surface area (Å²) in [5, 5.41) is 6.12. The van der Waals surface area contributed by atoms with Crippen LogP contribution in [0.3, 0.4) is 0 Å². The number of quaternary nitrogens is 1. The molecule has 120 valence electrons. The van der Waals surface area contributed by atoms with E-state index in [4.69, 9.17) is 11.6 Å². The van der Waals surface area contributed by atoms with E-state index in [0.29, 0.717) is 23.8 Å². The smallest absolute Gasteiger partial charge is 0.279 e. The van der Waals surface area contributed by atoms with Gasteiger partial charge in [-0.05, 0) is 31.5 Å². The van der Waals surface area contributed by atoms with Crippen molar-refractivity contribution in [3.05, 3.63) is 41.4 Å². The largest absolute Gasteiger partial charge is 0.348 e. The third kappa shape index (κ3) is 6.28. The third-order valence-corrected chi connectivity index (χ3v) is 3.47. The van der Waals surface area contributed by atoms with Crippen molar-refractivity contribution in [1.82, 2.24) is 5.32 Å². The minimum absolute atomic E-state index is 0.0940. The van der Waals surface area contributed by atoms with E-state index in [1.54, 1.807) is 18.2 Å². The number of hydrogen-bond acceptors (Lipinski definition) is 2. The number of halogens is 1. The van der Waals surface area contributed by atoms with Crippen molar-refractivity contribution in [1.29, 1.82) is 0 Å². The van der Waals surface area contributed by atoms with Crippen LogP contribution in [0.25, 0.3) is 0 Å². The fraction of sp³-hybridized carbons (Fsp3) is 0.375. The first-order chi connectivity index (χ1) is 10.5. The SMILES string of the molecule is C=CCNC(=O)C[NH+](CC)CC(=O)Nc1cc(Cl)ccc1C. The summed E-state index contributed by atoms with van der Waals surface area (Å²) in [6.07, 6.45) is 1.62. The summed E-state index contributed by atoms with van der Waals surface area (Å²) in [5.41, 5.74) is 1.64. The Labute approximate surface area is 136 Å². The first-order valence-corrected chi connectivity index (χ1v) is 7.61. The van der Waals surface area contributed by atoms with Crippen molar-refractivity contribution < 1.29 is 14.5 Å². The molecular weight excluding hydrogens is 302 g/mol. The first-order valence-electron chi connectivity index (χ1n) is 7.23. The van der Waals surface area contributed by atoms with Gasteiger partial charge in [0.25, 0.3) is 11.8 Å². The molecule has 2 amide bonds. The lowest BCUT2D eigenvalue weighted by molar-refractivity contribution is -0.881. The third-order valence-electron chi connectivity index (χ3n) is 3.24. The second-order valence-corrected chi connectivity index (χ2v) is 5.49. The van der Waals surface area contributed by atoms with Crippen molar-refractivity contribution in [2.45, 2.75) is 13.8 Å². The highest BCUT2D eigenvalue weighted by Gasteiger charge is 2.16. The molecule has 0 saturated heterocycles. The average Bonchev–Trinajstić information content (AvgIpc) is 2.48. The van der Waals surface area contributed by atoms with Gasteiger partial charge in [-0.1, -0.05) is 23.7 Å². The van der Waals surface area contributed by atoms with Crippen molar-refractivity contribution in [3.8, 4) is 0 Å². The molecule has 1 aromatic carbocycles. The highest BCUT2D eigenvalue weighted by Crippen LogP contribution is 2.19. The van der Waals surface area contributed by atoms with Crippen LogP contribution in [0.2, 0.25) is 5.02 Å². The maximum atomic E-state index is 12.1. The number of aryl methyl sites for hydroxylation is 1. The Kier molecular flexibility index (Phi) is 7.63. The Morgan fingerprint density at radius 3 is 2.64 bits per heavy atom. The number of rotatable bonds is 8. The Balaban J connectivity index is 2.56. The minimum atomic E-state index is -0.140. The molecular formula is C16H23ClN3O2+. The van der Waals surface area contributed by atoms with E-state index in [-0.39, 0.29) is 24.9 Å². The van der Waals surface area contributed by atoms with E-state index >= 15 is 0 Å². The van der Waals surface area contributed by atoms with Gasteiger partial charge in [-0.3, -0.25) is 9.59 Å². The monoisotopic (exact) mass is 324 g/mol. The number of nitrogens with one attached hydrogen (secondary N) is 3. The molecule has 0 aromatic heterocycles. The topological polar surface area (TPSA) is 62.6 Å². The number of carbonyl (C=O) groups is 2. The molecule has 0 aliphatic carbocycles. The summed E-state index contributed by atoms with van der Waals surface area (Å²) in [7, 11) is 0. The van der Waals surface area contributed by atoms with E-state index in [1.807, 2.05) is 19.9 Å². The molecule has 0 spiro atoms. The lowest BCUT2D eigenvalue weighted by atomic mass is 10.2. The Bertz CT molecular complexity index is 546. The summed E-state index contributed by atoms with van der Waals surface area (Å²) in [6.45, 7) is 8.99. The molecule has 0 bridgehead atoms. The molecule has 1 unspecified atom stereocenters. The molecule has 1 aromatic rings. The molecule has 5 nitrogen and oxygen atoms in total. The number of carbonyl (C=O) groups excluding carboxylic acids is 2. The van der Waals surface area contributed by atoms with E-state index in [2.05, 4.69) is 17.2 Å². The van der Waals surface area contributed by atoms with Crippen LogP contribution in [0.1, 0.15) is 12.5 Å². The van der Waals surface area contributed by atoms with E-state index in [1.165, 1.54) is 0 Å². The summed E-state index contributed by atoms with van der Waals surface area (Å²) >= 11 is 5.93. The summed E-state index contributed by atoms with van der Waals surface area (Å²) < 4.78 is 0. The zero-order valence-electron chi connectivity index (χ0n) is 13.0. The van der Waals surface area contributed by atoms with Gasteiger partial charge < -0.3 is 15.5 Å². The van der Waals surface area contributed by atoms with Gasteiger partial charge in [0.2, 0.25) is 0 Å². The van der Waals surface area contributed by atoms with Crippen LogP contribution < -0.4 is 15.5 Å². The van der Waals surface area contributed by atoms with Crippen LogP contribution in [0.15, 0.2) is 30.9 Å². The lowest BCUT2D eigenvalue weighted by Crippen LogP contribution is -3.14. The maximum absolute atomic E-state index is 12.1. The summed E-state index contributed by atoms with van der Waals surface area (Å²) in [4.78, 5) is 24.7. The van der Waals surface area contributed by atoms with E-state index in [0.717, 1.165) is 10.5 Å². The van der Waals surface area contributed by atoms with Crippen LogP contribution in [0.4, 0.5) is 5.69 Å². The number of amides is 2. The fourth-order valence-corrected chi connectivity index (χ4v) is 2.11. The number of hydrogen-bond donors (Lipinski definition) is 3. The second-order valence-electron chi connectivity index (χ2n) is 5.06. The van der Waals surface area contributed by atoms with Gasteiger partial charge in [0.05, 0.1) is 6.54 Å². The van der Waals surface area contributed by atoms with Gasteiger partial charge in [-0.2, -0.15) is 0 Å². The molecule has 0 aliphatic rings. The zero-order valence-corrected chi connectivity index (χ0v) is 13.8. The normalized spacial score (nSPS) is 11.6. The first kappa shape index (κ1) is 18.2. The van der Waals surface area contributed by atoms with Crippen molar-refractivity contribution in [2.75, 3.05) is 31.5 Å². The highest BCUT2D eigenvalue weighted by atomic mass is 35.5. The van der Waals surface area contributed by atoms with Gasteiger partial charge in [-0.25, -0.2) is 0 Å². The standard InChI is InChI=1S/C16H22ClN3O2/c1-4-8-18-15(21)10-20(5-2)11-16(22)19-14-9-13(17)7-6-12(14)3/h4,6-7,9H,1,5,8,10-11H2,2-3H3,(H,18,21)(H,19,22)/p+1. The molecule has 1 rings (SSSR count). The van der Waals surface area contributed by atoms with Crippen LogP contribution in [0, 0.1) is 6.92 Å². The number of likely N-dealkylation sites (N-methyl/N-ethyl adjacent to an activating group) is 1. The Hall–Kier alpha value is -1.85. The van der Waals surface area contributed by atoms with E-state index in [9.17, 15) is 9.59 Å². The molecule has 22 heavy (non-hydrogen) atoms. The van der Waals surface area contributed by atoms with Crippen molar-refractivity contribution >= 4 is 29.1 Å². The van der Waals surface area contributed by atoms with E-state index < -0.39 is 0 Å². The quantitative estimate of drug-likeness (QED) is 0.619. The van der Waals surface area contributed by atoms with Gasteiger partial charge >= 0.3 is 0 Å². The van der Waals surface area contributed by atoms with Gasteiger partial charge in [-0.15, -0.1) is 6.58 Å². The van der Waals surface area contributed by atoms with Gasteiger partial charge in [0.15, 0.2) is 13.1 Å². The van der Waals surface area contributed by atoms with Crippen LogP contribution in [-0.4, -0.2) is 38.0 Å². The van der Waals surface area contributed by atoms with Gasteiger partial charge in [0, 0.05) is 17.3 Å². The molecule has 0 radical (unpaired) electrons. The van der Waals surface area contributed by atoms with Crippen molar-refractivity contribution in [3.63, 3.8) is 0 Å². The number of benzene rings is 1. The summed E-state index contributed by atoms with van der Waals surface area (Å²) in [5.74, 6) is -0.234. The molecule has 0 saturated carbocycles. The average molecular weight is 325 g/mol. The molecule has 6 heteroatoms. The predicted molar refractivity (Wildman–Crippen MR) is 89.3 cm³/mol. The Morgan fingerprint density at radius 2 is 2.00 bits per heavy atom. The molecule has 0 heterocycles. The molecule has 0 fully saturated rings. The van der Waals surface area contributed by atoms with Crippen LogP contribution in [-0.2, 0) is 9.59 Å². The summed E-state index contributed by atoms with van der Waals surface area (Å²) in [6, 6.07) is 5.35. The van der Waals surface area contributed by atoms with Crippen molar-refractivity contribution in [2.24, 2.45) is 0 Å². The minimum Gasteiger partial charge on any atom is -0.348 e. The Morgan fingerprint density at radius 1 is 1.32 bits per heavy atom. The number of anilines is 1.